The number of rotatable bonds is 4. The van der Waals surface area contributed by atoms with Gasteiger partial charge in [0.05, 0.1) is 0 Å². The first-order valence-electron chi connectivity index (χ1n) is 5.12. The fourth-order valence-corrected chi connectivity index (χ4v) is 1.82. The van der Waals surface area contributed by atoms with E-state index in [0.717, 1.165) is 6.42 Å². The van der Waals surface area contributed by atoms with E-state index in [1.807, 2.05) is 6.20 Å². The van der Waals surface area contributed by atoms with Crippen LogP contribution in [0.2, 0.25) is 0 Å². The second-order valence-electron chi connectivity index (χ2n) is 3.64. The fraction of sp³-hybridized carbons (Fsp3) is 0.333. The van der Waals surface area contributed by atoms with Crippen molar-refractivity contribution >= 4 is 10.9 Å². The van der Waals surface area contributed by atoms with Gasteiger partial charge in [0.25, 0.3) is 0 Å². The van der Waals surface area contributed by atoms with E-state index in [4.69, 9.17) is 10.5 Å². The van der Waals surface area contributed by atoms with Gasteiger partial charge in [0.2, 0.25) is 0 Å². The maximum absolute atomic E-state index is 5.53. The Kier molecular flexibility index (Phi) is 3.04. The summed E-state index contributed by atoms with van der Waals surface area (Å²) in [4.78, 5) is 0. The van der Waals surface area contributed by atoms with Crippen LogP contribution in [0.1, 0.15) is 5.56 Å². The molecule has 2 rings (SSSR count). The minimum absolute atomic E-state index is 0.597. The van der Waals surface area contributed by atoms with Crippen molar-refractivity contribution < 1.29 is 4.74 Å². The van der Waals surface area contributed by atoms with Crippen molar-refractivity contribution in [1.29, 1.82) is 0 Å². The van der Waals surface area contributed by atoms with Crippen LogP contribution in [0.25, 0.3) is 10.9 Å². The third kappa shape index (κ3) is 2.03. The van der Waals surface area contributed by atoms with E-state index in [2.05, 4.69) is 28.8 Å². The number of nitrogens with two attached hydrogens (primary N) is 1. The summed E-state index contributed by atoms with van der Waals surface area (Å²) in [7, 11) is 1.70. The van der Waals surface area contributed by atoms with Crippen LogP contribution in [0.4, 0.5) is 0 Å². The molecule has 0 spiro atoms. The van der Waals surface area contributed by atoms with Gasteiger partial charge in [-0.2, -0.15) is 0 Å². The maximum atomic E-state index is 5.53. The Balaban J connectivity index is 2.38. The molecule has 0 aliphatic carbocycles. The van der Waals surface area contributed by atoms with Gasteiger partial charge in [0.1, 0.15) is 6.73 Å². The lowest BCUT2D eigenvalue weighted by molar-refractivity contribution is 0.135. The smallest absolute Gasteiger partial charge is 0.122 e. The summed E-state index contributed by atoms with van der Waals surface area (Å²) in [5, 5.41) is 1.25. The molecular weight excluding hydrogens is 188 g/mol. The zero-order valence-electron chi connectivity index (χ0n) is 8.94. The second-order valence-corrected chi connectivity index (χ2v) is 3.64. The number of benzene rings is 1. The van der Waals surface area contributed by atoms with E-state index in [1.165, 1.54) is 16.5 Å². The van der Waals surface area contributed by atoms with Gasteiger partial charge >= 0.3 is 0 Å². The lowest BCUT2D eigenvalue weighted by Gasteiger charge is -2.04. The van der Waals surface area contributed by atoms with Crippen LogP contribution in [0.3, 0.4) is 0 Å². The number of aromatic nitrogens is 1. The fourth-order valence-electron chi connectivity index (χ4n) is 1.82. The standard InChI is InChI=1S/C12H16N2O/c1-15-9-14-7-5-11-8-10(4-6-13)2-3-12(11)14/h2-3,5,7-8H,4,6,9,13H2,1H3. The summed E-state index contributed by atoms with van der Waals surface area (Å²) in [5.74, 6) is 0. The van der Waals surface area contributed by atoms with E-state index in [1.54, 1.807) is 7.11 Å². The van der Waals surface area contributed by atoms with Gasteiger partial charge in [-0.1, -0.05) is 6.07 Å². The molecule has 0 aliphatic heterocycles. The van der Waals surface area contributed by atoms with Crippen molar-refractivity contribution in [3.8, 4) is 0 Å². The van der Waals surface area contributed by atoms with Gasteiger partial charge < -0.3 is 15.0 Å². The van der Waals surface area contributed by atoms with Crippen LogP contribution in [0.5, 0.6) is 0 Å². The molecule has 15 heavy (non-hydrogen) atoms. The summed E-state index contributed by atoms with van der Waals surface area (Å²) in [5.41, 5.74) is 8.03. The second kappa shape index (κ2) is 4.47. The number of nitrogens with zero attached hydrogens (tertiary/aromatic N) is 1. The van der Waals surface area contributed by atoms with E-state index in [9.17, 15) is 0 Å². The van der Waals surface area contributed by atoms with Crippen LogP contribution < -0.4 is 5.73 Å². The van der Waals surface area contributed by atoms with Crippen LogP contribution in [0, 0.1) is 0 Å². The predicted molar refractivity (Wildman–Crippen MR) is 61.7 cm³/mol. The molecule has 0 unspecified atom stereocenters. The highest BCUT2D eigenvalue weighted by Gasteiger charge is 2.01. The number of ether oxygens (including phenoxy) is 1. The highest BCUT2D eigenvalue weighted by atomic mass is 16.5. The Morgan fingerprint density at radius 2 is 2.20 bits per heavy atom. The minimum atomic E-state index is 0.597. The Morgan fingerprint density at radius 3 is 2.93 bits per heavy atom. The molecule has 1 aromatic heterocycles. The van der Waals surface area contributed by atoms with Gasteiger partial charge in [-0.05, 0) is 42.1 Å². The van der Waals surface area contributed by atoms with E-state index in [0.29, 0.717) is 13.3 Å². The summed E-state index contributed by atoms with van der Waals surface area (Å²) >= 11 is 0. The molecule has 1 aromatic carbocycles. The lowest BCUT2D eigenvalue weighted by Crippen LogP contribution is -2.02. The molecule has 0 saturated carbocycles. The highest BCUT2D eigenvalue weighted by molar-refractivity contribution is 5.80. The van der Waals surface area contributed by atoms with Crippen molar-refractivity contribution in [2.45, 2.75) is 13.2 Å². The molecular formula is C12H16N2O. The minimum Gasteiger partial charge on any atom is -0.364 e. The molecule has 3 nitrogen and oxygen atoms in total. The van der Waals surface area contributed by atoms with Crippen LogP contribution in [0.15, 0.2) is 30.5 Å². The first-order chi connectivity index (χ1) is 7.35. The van der Waals surface area contributed by atoms with Gasteiger partial charge in [-0.25, -0.2) is 0 Å². The molecule has 2 aromatic rings. The number of fused-ring (bicyclic) bond motifs is 1. The number of hydrogen-bond donors (Lipinski definition) is 1. The largest absolute Gasteiger partial charge is 0.364 e. The van der Waals surface area contributed by atoms with Gasteiger partial charge in [0.15, 0.2) is 0 Å². The van der Waals surface area contributed by atoms with Crippen molar-refractivity contribution in [3.63, 3.8) is 0 Å². The van der Waals surface area contributed by atoms with Gasteiger partial charge in [0, 0.05) is 18.8 Å². The zero-order valence-corrected chi connectivity index (χ0v) is 8.94. The van der Waals surface area contributed by atoms with Crippen molar-refractivity contribution in [2.24, 2.45) is 5.73 Å². The maximum Gasteiger partial charge on any atom is 0.122 e. The van der Waals surface area contributed by atoms with Gasteiger partial charge in [-0.15, -0.1) is 0 Å². The van der Waals surface area contributed by atoms with E-state index >= 15 is 0 Å². The molecule has 0 fully saturated rings. The molecule has 1 heterocycles. The van der Waals surface area contributed by atoms with E-state index in [-0.39, 0.29) is 0 Å². The monoisotopic (exact) mass is 204 g/mol. The highest BCUT2D eigenvalue weighted by Crippen LogP contribution is 2.17. The Labute approximate surface area is 89.4 Å². The molecule has 0 amide bonds. The molecule has 0 radical (unpaired) electrons. The molecule has 0 bridgehead atoms. The SMILES string of the molecule is COCn1ccc2cc(CCN)ccc21. The van der Waals surface area contributed by atoms with Crippen molar-refractivity contribution in [3.05, 3.63) is 36.0 Å². The average molecular weight is 204 g/mol. The van der Waals surface area contributed by atoms with Crippen LogP contribution in [-0.4, -0.2) is 18.2 Å². The quantitative estimate of drug-likeness (QED) is 0.824. The molecule has 2 N–H and O–H groups in total. The van der Waals surface area contributed by atoms with E-state index < -0.39 is 0 Å². The zero-order chi connectivity index (χ0) is 10.7. The molecule has 80 valence electrons. The first-order valence-corrected chi connectivity index (χ1v) is 5.12. The molecule has 0 atom stereocenters. The summed E-state index contributed by atoms with van der Waals surface area (Å²) in [6.07, 6.45) is 2.98. The van der Waals surface area contributed by atoms with Crippen LogP contribution >= 0.6 is 0 Å². The Bertz CT molecular complexity index is 448. The molecule has 3 heteroatoms. The molecule has 0 aliphatic rings. The lowest BCUT2D eigenvalue weighted by atomic mass is 10.1. The van der Waals surface area contributed by atoms with Crippen LogP contribution in [-0.2, 0) is 17.9 Å². The normalized spacial score (nSPS) is 11.1. The number of hydrogen-bond acceptors (Lipinski definition) is 2. The first kappa shape index (κ1) is 10.2. The topological polar surface area (TPSA) is 40.2 Å². The predicted octanol–water partition coefficient (Wildman–Crippen LogP) is 1.75. The average Bonchev–Trinajstić information content (AvgIpc) is 2.62. The third-order valence-corrected chi connectivity index (χ3v) is 2.54. The van der Waals surface area contributed by atoms with Crippen molar-refractivity contribution in [2.75, 3.05) is 13.7 Å². The van der Waals surface area contributed by atoms with Gasteiger partial charge in [-0.3, -0.25) is 0 Å². The third-order valence-electron chi connectivity index (χ3n) is 2.54. The summed E-state index contributed by atoms with van der Waals surface area (Å²) in [6.45, 7) is 1.30. The van der Waals surface area contributed by atoms with Crippen molar-refractivity contribution in [1.82, 2.24) is 4.57 Å². The Morgan fingerprint density at radius 1 is 1.33 bits per heavy atom. The summed E-state index contributed by atoms with van der Waals surface area (Å²) in [6, 6.07) is 8.55. The summed E-state index contributed by atoms with van der Waals surface area (Å²) < 4.78 is 7.20. The number of methoxy groups -OCH3 is 1. The Hall–Kier alpha value is -1.32. The molecule has 0 saturated heterocycles.